The van der Waals surface area contributed by atoms with Crippen molar-refractivity contribution in [3.8, 4) is 0 Å². The minimum Gasteiger partial charge on any atom is -0.258 e. The van der Waals surface area contributed by atoms with E-state index < -0.39 is 4.92 Å². The highest BCUT2D eigenvalue weighted by Gasteiger charge is 2.05. The van der Waals surface area contributed by atoms with E-state index in [4.69, 9.17) is 0 Å². The van der Waals surface area contributed by atoms with Gasteiger partial charge in [0.1, 0.15) is 5.82 Å². The van der Waals surface area contributed by atoms with Gasteiger partial charge in [0.2, 0.25) is 0 Å². The fraction of sp³-hybridized carbons (Fsp3) is 0.0769. The van der Waals surface area contributed by atoms with Crippen LogP contribution in [0.3, 0.4) is 0 Å². The zero-order valence-corrected chi connectivity index (χ0v) is 8.97. The van der Waals surface area contributed by atoms with Crippen LogP contribution in [-0.4, -0.2) is 4.92 Å². The lowest BCUT2D eigenvalue weighted by molar-refractivity contribution is -0.384. The molecule has 0 N–H and O–H groups in total. The third-order valence-corrected chi connectivity index (χ3v) is 2.44. The molecule has 0 aromatic heterocycles. The highest BCUT2D eigenvalue weighted by molar-refractivity contribution is 5.36. The van der Waals surface area contributed by atoms with Crippen LogP contribution >= 0.6 is 0 Å². The molecule has 4 heteroatoms. The first-order chi connectivity index (χ1) is 8.15. The number of rotatable bonds is 3. The lowest BCUT2D eigenvalue weighted by Crippen LogP contribution is -1.92. The van der Waals surface area contributed by atoms with Crippen molar-refractivity contribution >= 4 is 5.69 Å². The maximum Gasteiger partial charge on any atom is 0.269 e. The summed E-state index contributed by atoms with van der Waals surface area (Å²) in [5, 5.41) is 10.6. The number of hydrogen-bond acceptors (Lipinski definition) is 2. The number of hydrogen-bond donors (Lipinski definition) is 0. The number of nitro benzene ring substituents is 1. The van der Waals surface area contributed by atoms with Gasteiger partial charge in [0.25, 0.3) is 5.69 Å². The Kier molecular flexibility index (Phi) is 3.14. The topological polar surface area (TPSA) is 43.1 Å². The van der Waals surface area contributed by atoms with Gasteiger partial charge in [-0.2, -0.15) is 0 Å². The summed E-state index contributed by atoms with van der Waals surface area (Å²) >= 11 is 0. The third-order valence-electron chi connectivity index (χ3n) is 2.44. The Balaban J connectivity index is 2.21. The van der Waals surface area contributed by atoms with Crippen LogP contribution in [0.25, 0.3) is 0 Å². The second-order valence-electron chi connectivity index (χ2n) is 3.73. The van der Waals surface area contributed by atoms with Crippen molar-refractivity contribution in [2.24, 2.45) is 0 Å². The molecule has 0 atom stereocenters. The predicted octanol–water partition coefficient (Wildman–Crippen LogP) is 3.32. The van der Waals surface area contributed by atoms with Crippen LogP contribution in [-0.2, 0) is 6.42 Å². The molecule has 0 amide bonds. The number of nitrogens with zero attached hydrogens (tertiary/aromatic N) is 1. The number of benzene rings is 2. The molecule has 0 saturated carbocycles. The molecule has 2 aromatic carbocycles. The Morgan fingerprint density at radius 3 is 2.41 bits per heavy atom. The van der Waals surface area contributed by atoms with Crippen molar-refractivity contribution in [2.75, 3.05) is 0 Å². The predicted molar refractivity (Wildman–Crippen MR) is 62.3 cm³/mol. The summed E-state index contributed by atoms with van der Waals surface area (Å²) in [6, 6.07) is 12.6. The van der Waals surface area contributed by atoms with Crippen molar-refractivity contribution in [1.82, 2.24) is 0 Å². The van der Waals surface area contributed by atoms with E-state index in [1.54, 1.807) is 18.2 Å². The first-order valence-electron chi connectivity index (χ1n) is 5.13. The molecule has 0 saturated heterocycles. The second-order valence-corrected chi connectivity index (χ2v) is 3.73. The highest BCUT2D eigenvalue weighted by Crippen LogP contribution is 2.16. The summed E-state index contributed by atoms with van der Waals surface area (Å²) in [7, 11) is 0. The molecule has 17 heavy (non-hydrogen) atoms. The van der Waals surface area contributed by atoms with E-state index in [1.165, 1.54) is 24.3 Å². The van der Waals surface area contributed by atoms with E-state index in [9.17, 15) is 14.5 Å². The standard InChI is InChI=1S/C13H10FNO2/c14-12-6-4-10(5-7-12)8-11-2-1-3-13(9-11)15(16)17/h1-7,9H,8H2. The maximum absolute atomic E-state index is 12.7. The van der Waals surface area contributed by atoms with E-state index in [1.807, 2.05) is 6.07 Å². The van der Waals surface area contributed by atoms with E-state index in [0.717, 1.165) is 11.1 Å². The molecule has 0 radical (unpaired) electrons. The normalized spacial score (nSPS) is 10.2. The molecule has 0 fully saturated rings. The highest BCUT2D eigenvalue weighted by atomic mass is 19.1. The summed E-state index contributed by atoms with van der Waals surface area (Å²) in [6.45, 7) is 0. The van der Waals surface area contributed by atoms with Crippen LogP contribution in [0.2, 0.25) is 0 Å². The largest absolute Gasteiger partial charge is 0.269 e. The van der Waals surface area contributed by atoms with Gasteiger partial charge in [0.05, 0.1) is 4.92 Å². The molecule has 2 aromatic rings. The number of nitro groups is 1. The molecule has 2 rings (SSSR count). The van der Waals surface area contributed by atoms with Gasteiger partial charge < -0.3 is 0 Å². The molecule has 0 aliphatic rings. The van der Waals surface area contributed by atoms with E-state index in [2.05, 4.69) is 0 Å². The SMILES string of the molecule is O=[N+]([O-])c1cccc(Cc2ccc(F)cc2)c1. The zero-order chi connectivity index (χ0) is 12.3. The molecule has 3 nitrogen and oxygen atoms in total. The maximum atomic E-state index is 12.7. The molecule has 0 aliphatic heterocycles. The Labute approximate surface area is 97.7 Å². The smallest absolute Gasteiger partial charge is 0.258 e. The van der Waals surface area contributed by atoms with Gasteiger partial charge in [-0.1, -0.05) is 24.3 Å². The van der Waals surface area contributed by atoms with Crippen LogP contribution in [0, 0.1) is 15.9 Å². The van der Waals surface area contributed by atoms with Gasteiger partial charge in [-0.25, -0.2) is 4.39 Å². The summed E-state index contributed by atoms with van der Waals surface area (Å²) in [5.41, 5.74) is 1.84. The van der Waals surface area contributed by atoms with Crippen molar-refractivity contribution in [1.29, 1.82) is 0 Å². The minimum absolute atomic E-state index is 0.0737. The second kappa shape index (κ2) is 4.74. The van der Waals surface area contributed by atoms with Crippen molar-refractivity contribution in [3.05, 3.63) is 75.6 Å². The fourth-order valence-electron chi connectivity index (χ4n) is 1.62. The Morgan fingerprint density at radius 2 is 1.76 bits per heavy atom. The Bertz CT molecular complexity index is 537. The van der Waals surface area contributed by atoms with Gasteiger partial charge >= 0.3 is 0 Å². The lowest BCUT2D eigenvalue weighted by Gasteiger charge is -2.01. The fourth-order valence-corrected chi connectivity index (χ4v) is 1.62. The molecule has 0 aliphatic carbocycles. The van der Waals surface area contributed by atoms with Crippen molar-refractivity contribution in [3.63, 3.8) is 0 Å². The summed E-state index contributed by atoms with van der Waals surface area (Å²) in [5.74, 6) is -0.284. The van der Waals surface area contributed by atoms with Gasteiger partial charge in [0, 0.05) is 12.1 Å². The number of halogens is 1. The minimum atomic E-state index is -0.422. The molecule has 0 heterocycles. The van der Waals surface area contributed by atoms with Gasteiger partial charge in [-0.15, -0.1) is 0 Å². The first-order valence-corrected chi connectivity index (χ1v) is 5.13. The average Bonchev–Trinajstić information content (AvgIpc) is 2.32. The van der Waals surface area contributed by atoms with Crippen LogP contribution in [0.15, 0.2) is 48.5 Å². The summed E-state index contributed by atoms with van der Waals surface area (Å²) in [4.78, 5) is 10.2. The van der Waals surface area contributed by atoms with E-state index in [0.29, 0.717) is 6.42 Å². The van der Waals surface area contributed by atoms with E-state index in [-0.39, 0.29) is 11.5 Å². The summed E-state index contributed by atoms with van der Waals surface area (Å²) in [6.07, 6.45) is 0.557. The Hall–Kier alpha value is -2.23. The van der Waals surface area contributed by atoms with Gasteiger partial charge in [0.15, 0.2) is 0 Å². The zero-order valence-electron chi connectivity index (χ0n) is 8.97. The molecule has 86 valence electrons. The van der Waals surface area contributed by atoms with Crippen LogP contribution in [0.5, 0.6) is 0 Å². The average molecular weight is 231 g/mol. The third kappa shape index (κ3) is 2.87. The molecule has 0 bridgehead atoms. The quantitative estimate of drug-likeness (QED) is 0.600. The number of non-ortho nitro benzene ring substituents is 1. The van der Waals surface area contributed by atoms with Gasteiger partial charge in [-0.3, -0.25) is 10.1 Å². The van der Waals surface area contributed by atoms with Crippen molar-refractivity contribution in [2.45, 2.75) is 6.42 Å². The Morgan fingerprint density at radius 1 is 1.06 bits per heavy atom. The lowest BCUT2D eigenvalue weighted by atomic mass is 10.0. The molecular weight excluding hydrogens is 221 g/mol. The monoisotopic (exact) mass is 231 g/mol. The molecular formula is C13H10FNO2. The first kappa shape index (κ1) is 11.3. The van der Waals surface area contributed by atoms with Crippen LogP contribution < -0.4 is 0 Å². The van der Waals surface area contributed by atoms with Crippen LogP contribution in [0.4, 0.5) is 10.1 Å². The summed E-state index contributed by atoms with van der Waals surface area (Å²) < 4.78 is 12.7. The van der Waals surface area contributed by atoms with E-state index >= 15 is 0 Å². The van der Waals surface area contributed by atoms with Crippen LogP contribution in [0.1, 0.15) is 11.1 Å². The molecule has 0 spiro atoms. The molecule has 0 unspecified atom stereocenters. The van der Waals surface area contributed by atoms with Gasteiger partial charge in [-0.05, 0) is 29.7 Å². The van der Waals surface area contributed by atoms with Crippen molar-refractivity contribution < 1.29 is 9.31 Å².